The molecule has 0 aliphatic carbocycles. The number of hydrogen-bond donors (Lipinski definition) is 2. The van der Waals surface area contributed by atoms with Gasteiger partial charge < -0.3 is 16.0 Å². The molecule has 2 atom stereocenters. The maximum Gasteiger partial charge on any atom is 0.317 e. The third-order valence-electron chi connectivity index (χ3n) is 3.74. The van der Waals surface area contributed by atoms with Gasteiger partial charge in [-0.25, -0.2) is 4.79 Å². The summed E-state index contributed by atoms with van der Waals surface area (Å²) in [6, 6.07) is 0.300. The van der Waals surface area contributed by atoms with Crippen LogP contribution in [0.1, 0.15) is 40.0 Å². The lowest BCUT2D eigenvalue weighted by Crippen LogP contribution is -2.47. The topological polar surface area (TPSA) is 58.4 Å². The molecule has 0 aromatic carbocycles. The summed E-state index contributed by atoms with van der Waals surface area (Å²) in [4.78, 5) is 14.0. The molecule has 0 spiro atoms. The second kappa shape index (κ2) is 6.84. The van der Waals surface area contributed by atoms with Crippen LogP contribution in [0, 0.1) is 11.8 Å². The molecule has 4 nitrogen and oxygen atoms in total. The maximum absolute atomic E-state index is 12.1. The van der Waals surface area contributed by atoms with Crippen LogP contribution in [0.15, 0.2) is 0 Å². The number of hydrogen-bond acceptors (Lipinski definition) is 2. The van der Waals surface area contributed by atoms with Gasteiger partial charge in [-0.1, -0.05) is 20.3 Å². The van der Waals surface area contributed by atoms with Crippen molar-refractivity contribution in [3.8, 4) is 0 Å². The van der Waals surface area contributed by atoms with Crippen molar-refractivity contribution in [2.75, 3.05) is 19.6 Å². The summed E-state index contributed by atoms with van der Waals surface area (Å²) in [5.41, 5.74) is 5.73. The van der Waals surface area contributed by atoms with Gasteiger partial charge in [0.2, 0.25) is 0 Å². The van der Waals surface area contributed by atoms with Gasteiger partial charge in [-0.3, -0.25) is 0 Å². The van der Waals surface area contributed by atoms with Crippen LogP contribution in [0.2, 0.25) is 0 Å². The second-order valence-electron chi connectivity index (χ2n) is 5.53. The number of nitrogens with two attached hydrogens (primary N) is 1. The van der Waals surface area contributed by atoms with Gasteiger partial charge in [0.25, 0.3) is 0 Å². The van der Waals surface area contributed by atoms with Crippen LogP contribution in [-0.2, 0) is 0 Å². The van der Waals surface area contributed by atoms with E-state index in [1.807, 2.05) is 4.90 Å². The zero-order valence-electron chi connectivity index (χ0n) is 11.4. The molecule has 1 heterocycles. The van der Waals surface area contributed by atoms with Crippen molar-refractivity contribution < 1.29 is 4.79 Å². The first-order valence-electron chi connectivity index (χ1n) is 6.80. The van der Waals surface area contributed by atoms with Crippen LogP contribution < -0.4 is 11.1 Å². The lowest BCUT2D eigenvalue weighted by molar-refractivity contribution is 0.186. The van der Waals surface area contributed by atoms with Gasteiger partial charge in [0.05, 0.1) is 0 Å². The van der Waals surface area contributed by atoms with Crippen molar-refractivity contribution in [3.63, 3.8) is 0 Å². The number of nitrogens with one attached hydrogen (secondary N) is 1. The second-order valence-corrected chi connectivity index (χ2v) is 5.53. The Kier molecular flexibility index (Phi) is 5.75. The van der Waals surface area contributed by atoms with E-state index in [-0.39, 0.29) is 12.1 Å². The highest BCUT2D eigenvalue weighted by Crippen LogP contribution is 2.15. The van der Waals surface area contributed by atoms with Gasteiger partial charge in [0.1, 0.15) is 0 Å². The molecule has 1 rings (SSSR count). The molecule has 17 heavy (non-hydrogen) atoms. The fraction of sp³-hybridized carbons (Fsp3) is 0.923. The Morgan fingerprint density at radius 2 is 2.12 bits per heavy atom. The van der Waals surface area contributed by atoms with E-state index in [1.54, 1.807) is 0 Å². The van der Waals surface area contributed by atoms with Gasteiger partial charge in [0.15, 0.2) is 0 Å². The average Bonchev–Trinajstić information content (AvgIpc) is 2.53. The Bertz CT molecular complexity index is 243. The zero-order valence-corrected chi connectivity index (χ0v) is 11.4. The third kappa shape index (κ3) is 4.54. The minimum absolute atomic E-state index is 0.0755. The summed E-state index contributed by atoms with van der Waals surface area (Å²) in [5.74, 6) is 0.939. The van der Waals surface area contributed by atoms with Crippen molar-refractivity contribution in [2.24, 2.45) is 17.6 Å². The van der Waals surface area contributed by atoms with E-state index in [2.05, 4.69) is 26.1 Å². The number of likely N-dealkylation sites (tertiary alicyclic amines) is 1. The lowest BCUT2D eigenvalue weighted by atomic mass is 10.0. The van der Waals surface area contributed by atoms with E-state index in [0.717, 1.165) is 25.9 Å². The highest BCUT2D eigenvalue weighted by Gasteiger charge is 2.22. The monoisotopic (exact) mass is 241 g/mol. The van der Waals surface area contributed by atoms with Crippen LogP contribution in [0.4, 0.5) is 4.79 Å². The molecular formula is C13H27N3O. The molecule has 0 aromatic rings. The summed E-state index contributed by atoms with van der Waals surface area (Å²) in [7, 11) is 0. The molecule has 1 saturated heterocycles. The van der Waals surface area contributed by atoms with E-state index in [0.29, 0.717) is 18.4 Å². The van der Waals surface area contributed by atoms with E-state index < -0.39 is 0 Å². The van der Waals surface area contributed by atoms with Gasteiger partial charge in [-0.2, -0.15) is 0 Å². The Balaban J connectivity index is 2.49. The molecule has 0 radical (unpaired) electrons. The summed E-state index contributed by atoms with van der Waals surface area (Å²) in [6.45, 7) is 8.66. The number of carbonyl (C=O) groups excluding carboxylic acids is 1. The summed E-state index contributed by atoms with van der Waals surface area (Å²) < 4.78 is 0. The molecule has 1 aliphatic heterocycles. The number of urea groups is 1. The SMILES string of the molecule is CC(C)C(C)NC(=O)N1CCCCC(CN)C1. The normalized spacial score (nSPS) is 23.4. The van der Waals surface area contributed by atoms with Crippen molar-refractivity contribution in [3.05, 3.63) is 0 Å². The van der Waals surface area contributed by atoms with Gasteiger partial charge in [0, 0.05) is 19.1 Å². The number of carbonyl (C=O) groups is 1. The van der Waals surface area contributed by atoms with Crippen LogP contribution >= 0.6 is 0 Å². The van der Waals surface area contributed by atoms with Crippen molar-refractivity contribution in [1.29, 1.82) is 0 Å². The molecular weight excluding hydrogens is 214 g/mol. The van der Waals surface area contributed by atoms with Crippen LogP contribution in [-0.4, -0.2) is 36.6 Å². The molecule has 0 saturated carbocycles. The molecule has 1 aliphatic rings. The molecule has 100 valence electrons. The first-order valence-corrected chi connectivity index (χ1v) is 6.80. The molecule has 2 amide bonds. The number of rotatable bonds is 3. The molecule has 3 N–H and O–H groups in total. The van der Waals surface area contributed by atoms with Crippen LogP contribution in [0.3, 0.4) is 0 Å². The van der Waals surface area contributed by atoms with Crippen molar-refractivity contribution in [2.45, 2.75) is 46.1 Å². The fourth-order valence-corrected chi connectivity index (χ4v) is 2.06. The minimum Gasteiger partial charge on any atom is -0.335 e. The smallest absolute Gasteiger partial charge is 0.317 e. The van der Waals surface area contributed by atoms with Gasteiger partial charge in [-0.15, -0.1) is 0 Å². The van der Waals surface area contributed by atoms with Gasteiger partial charge in [-0.05, 0) is 38.1 Å². The number of amides is 2. The molecule has 0 bridgehead atoms. The fourth-order valence-electron chi connectivity index (χ4n) is 2.06. The van der Waals surface area contributed by atoms with E-state index in [4.69, 9.17) is 5.73 Å². The highest BCUT2D eigenvalue weighted by molar-refractivity contribution is 5.74. The summed E-state index contributed by atoms with van der Waals surface area (Å²) >= 11 is 0. The molecule has 4 heteroatoms. The minimum atomic E-state index is 0.0755. The first-order chi connectivity index (χ1) is 8.04. The zero-order chi connectivity index (χ0) is 12.8. The van der Waals surface area contributed by atoms with Crippen LogP contribution in [0.25, 0.3) is 0 Å². The number of nitrogens with zero attached hydrogens (tertiary/aromatic N) is 1. The Morgan fingerprint density at radius 1 is 1.41 bits per heavy atom. The van der Waals surface area contributed by atoms with Crippen molar-refractivity contribution in [1.82, 2.24) is 10.2 Å². The van der Waals surface area contributed by atoms with E-state index in [1.165, 1.54) is 6.42 Å². The molecule has 1 fully saturated rings. The highest BCUT2D eigenvalue weighted by atomic mass is 16.2. The standard InChI is InChI=1S/C13H27N3O/c1-10(2)11(3)15-13(17)16-7-5-4-6-12(8-14)9-16/h10-12H,4-9,14H2,1-3H3,(H,15,17). The molecule has 0 aromatic heterocycles. The average molecular weight is 241 g/mol. The van der Waals surface area contributed by atoms with E-state index in [9.17, 15) is 4.79 Å². The third-order valence-corrected chi connectivity index (χ3v) is 3.74. The summed E-state index contributed by atoms with van der Waals surface area (Å²) in [6.07, 6.45) is 3.44. The lowest BCUT2D eigenvalue weighted by Gasteiger charge is -2.27. The summed E-state index contributed by atoms with van der Waals surface area (Å²) in [5, 5.41) is 3.07. The predicted molar refractivity (Wildman–Crippen MR) is 70.8 cm³/mol. The Hall–Kier alpha value is -0.770. The Labute approximate surface area is 105 Å². The quantitative estimate of drug-likeness (QED) is 0.791. The predicted octanol–water partition coefficient (Wildman–Crippen LogP) is 1.80. The first kappa shape index (κ1) is 14.3. The largest absolute Gasteiger partial charge is 0.335 e. The van der Waals surface area contributed by atoms with E-state index >= 15 is 0 Å². The van der Waals surface area contributed by atoms with Gasteiger partial charge >= 0.3 is 6.03 Å². The maximum atomic E-state index is 12.1. The Morgan fingerprint density at radius 3 is 2.71 bits per heavy atom. The molecule has 2 unspecified atom stereocenters. The van der Waals surface area contributed by atoms with Crippen molar-refractivity contribution >= 4 is 6.03 Å². The van der Waals surface area contributed by atoms with Crippen LogP contribution in [0.5, 0.6) is 0 Å².